The molecule has 1 atom stereocenters. The molecule has 0 saturated carbocycles. The minimum atomic E-state index is -3.77. The molecular formula is C18H24N4O6S. The molecule has 0 N–H and O–H groups in total. The van der Waals surface area contributed by atoms with Crippen LogP contribution in [-0.2, 0) is 16.4 Å². The van der Waals surface area contributed by atoms with Crippen molar-refractivity contribution in [1.82, 2.24) is 14.4 Å². The van der Waals surface area contributed by atoms with Gasteiger partial charge < -0.3 is 9.26 Å². The molecule has 1 saturated heterocycles. The zero-order chi connectivity index (χ0) is 21.0. The van der Waals surface area contributed by atoms with Crippen LogP contribution in [0.2, 0.25) is 0 Å². The third-order valence-corrected chi connectivity index (χ3v) is 6.61. The first-order valence-electron chi connectivity index (χ1n) is 9.60. The van der Waals surface area contributed by atoms with E-state index in [9.17, 15) is 18.5 Å². The predicted molar refractivity (Wildman–Crippen MR) is 103 cm³/mol. The first-order chi connectivity index (χ1) is 13.8. The van der Waals surface area contributed by atoms with Crippen LogP contribution >= 0.6 is 0 Å². The van der Waals surface area contributed by atoms with Gasteiger partial charge in [-0.05, 0) is 38.3 Å². The van der Waals surface area contributed by atoms with E-state index in [2.05, 4.69) is 17.1 Å². The summed E-state index contributed by atoms with van der Waals surface area (Å²) in [7, 11) is -3.77. The molecule has 158 valence electrons. The van der Waals surface area contributed by atoms with Gasteiger partial charge in [0.1, 0.15) is 0 Å². The Morgan fingerprint density at radius 2 is 2.07 bits per heavy atom. The van der Waals surface area contributed by atoms with E-state index in [1.807, 2.05) is 0 Å². The lowest BCUT2D eigenvalue weighted by atomic mass is 10.2. The number of ether oxygens (including phenoxy) is 1. The molecule has 0 spiro atoms. The molecule has 1 fully saturated rings. The standard InChI is InChI=1S/C18H24N4O6S/c1-3-4-7-17-19-18(28-20-17)13(2)27-16-9-8-14(12-15(16)22(23)24)29(25,26)21-10-5-6-11-21/h8-9,12-13H,3-7,10-11H2,1-2H3/t13-/m1/s1. The second kappa shape index (κ2) is 8.87. The van der Waals surface area contributed by atoms with Crippen LogP contribution in [0.25, 0.3) is 0 Å². The molecule has 10 nitrogen and oxygen atoms in total. The van der Waals surface area contributed by atoms with Crippen molar-refractivity contribution in [3.63, 3.8) is 0 Å². The molecule has 2 heterocycles. The van der Waals surface area contributed by atoms with Crippen LogP contribution < -0.4 is 4.74 Å². The van der Waals surface area contributed by atoms with Crippen LogP contribution in [0.3, 0.4) is 0 Å². The predicted octanol–water partition coefficient (Wildman–Crippen LogP) is 3.24. The second-order valence-electron chi connectivity index (χ2n) is 6.91. The maximum absolute atomic E-state index is 12.7. The summed E-state index contributed by atoms with van der Waals surface area (Å²) < 4.78 is 37.5. The lowest BCUT2D eigenvalue weighted by Crippen LogP contribution is -2.27. The molecule has 1 aromatic heterocycles. The van der Waals surface area contributed by atoms with Gasteiger partial charge >= 0.3 is 5.69 Å². The van der Waals surface area contributed by atoms with Crippen LogP contribution in [-0.4, -0.2) is 40.9 Å². The molecule has 29 heavy (non-hydrogen) atoms. The van der Waals surface area contributed by atoms with E-state index in [0.717, 1.165) is 31.7 Å². The van der Waals surface area contributed by atoms with Gasteiger partial charge in [0.25, 0.3) is 5.89 Å². The molecule has 1 aromatic carbocycles. The molecule has 2 aromatic rings. The molecule has 0 amide bonds. The van der Waals surface area contributed by atoms with Crippen molar-refractivity contribution in [3.8, 4) is 5.75 Å². The van der Waals surface area contributed by atoms with Gasteiger partial charge in [0.15, 0.2) is 17.7 Å². The van der Waals surface area contributed by atoms with Crippen LogP contribution in [0, 0.1) is 10.1 Å². The number of nitrogens with zero attached hydrogens (tertiary/aromatic N) is 4. The van der Waals surface area contributed by atoms with Gasteiger partial charge in [0, 0.05) is 25.6 Å². The van der Waals surface area contributed by atoms with E-state index < -0.39 is 26.7 Å². The van der Waals surface area contributed by atoms with E-state index in [1.54, 1.807) is 6.92 Å². The minimum absolute atomic E-state index is 0.0591. The Labute approximate surface area is 169 Å². The summed E-state index contributed by atoms with van der Waals surface area (Å²) in [5, 5.41) is 15.4. The highest BCUT2D eigenvalue weighted by molar-refractivity contribution is 7.89. The maximum Gasteiger partial charge on any atom is 0.312 e. The lowest BCUT2D eigenvalue weighted by molar-refractivity contribution is -0.386. The topological polar surface area (TPSA) is 129 Å². The summed E-state index contributed by atoms with van der Waals surface area (Å²) in [6.07, 6.45) is 3.43. The number of aryl methyl sites for hydroxylation is 1. The van der Waals surface area contributed by atoms with Crippen molar-refractivity contribution in [3.05, 3.63) is 40.0 Å². The third-order valence-electron chi connectivity index (χ3n) is 4.72. The van der Waals surface area contributed by atoms with Crippen LogP contribution in [0.4, 0.5) is 5.69 Å². The highest BCUT2D eigenvalue weighted by Crippen LogP contribution is 2.34. The van der Waals surface area contributed by atoms with Gasteiger partial charge in [-0.1, -0.05) is 18.5 Å². The number of unbranched alkanes of at least 4 members (excludes halogenated alkanes) is 1. The summed E-state index contributed by atoms with van der Waals surface area (Å²) in [4.78, 5) is 15.0. The molecule has 0 aliphatic carbocycles. The Hall–Kier alpha value is -2.53. The highest BCUT2D eigenvalue weighted by Gasteiger charge is 2.30. The van der Waals surface area contributed by atoms with E-state index in [-0.39, 0.29) is 16.5 Å². The number of nitro groups is 1. The number of hydrogen-bond acceptors (Lipinski definition) is 8. The van der Waals surface area contributed by atoms with Crippen molar-refractivity contribution >= 4 is 15.7 Å². The molecule has 0 radical (unpaired) electrons. The van der Waals surface area contributed by atoms with Crippen molar-refractivity contribution in [2.75, 3.05) is 13.1 Å². The van der Waals surface area contributed by atoms with Crippen LogP contribution in [0.15, 0.2) is 27.6 Å². The summed E-state index contributed by atoms with van der Waals surface area (Å²) in [6, 6.07) is 3.66. The van der Waals surface area contributed by atoms with Gasteiger partial charge in [0.05, 0.1) is 9.82 Å². The Morgan fingerprint density at radius 1 is 1.34 bits per heavy atom. The minimum Gasteiger partial charge on any atom is -0.474 e. The second-order valence-corrected chi connectivity index (χ2v) is 8.85. The quantitative estimate of drug-likeness (QED) is 0.443. The smallest absolute Gasteiger partial charge is 0.312 e. The zero-order valence-electron chi connectivity index (χ0n) is 16.4. The Morgan fingerprint density at radius 3 is 2.72 bits per heavy atom. The van der Waals surface area contributed by atoms with E-state index in [1.165, 1.54) is 16.4 Å². The SMILES string of the molecule is CCCCc1noc([C@@H](C)Oc2ccc(S(=O)(=O)N3CCCC3)cc2[N+](=O)[O-])n1. The van der Waals surface area contributed by atoms with Gasteiger partial charge in [-0.25, -0.2) is 8.42 Å². The average molecular weight is 424 g/mol. The molecule has 1 aliphatic heterocycles. The monoisotopic (exact) mass is 424 g/mol. The summed E-state index contributed by atoms with van der Waals surface area (Å²) in [6.45, 7) is 4.53. The molecule has 11 heteroatoms. The van der Waals surface area contributed by atoms with Gasteiger partial charge in [0.2, 0.25) is 10.0 Å². The summed E-state index contributed by atoms with van der Waals surface area (Å²) >= 11 is 0. The fraction of sp³-hybridized carbons (Fsp3) is 0.556. The summed E-state index contributed by atoms with van der Waals surface area (Å²) in [5.41, 5.74) is -0.428. The third kappa shape index (κ3) is 4.73. The number of benzene rings is 1. The number of nitro benzene ring substituents is 1. The van der Waals surface area contributed by atoms with Crippen LogP contribution in [0.5, 0.6) is 5.75 Å². The Kier molecular flexibility index (Phi) is 6.48. The highest BCUT2D eigenvalue weighted by atomic mass is 32.2. The van der Waals surface area contributed by atoms with Crippen molar-refractivity contribution in [2.24, 2.45) is 0 Å². The average Bonchev–Trinajstić information content (AvgIpc) is 3.38. The molecule has 0 unspecified atom stereocenters. The fourth-order valence-electron chi connectivity index (χ4n) is 3.09. The maximum atomic E-state index is 12.7. The van der Waals surface area contributed by atoms with Crippen molar-refractivity contribution < 1.29 is 22.6 Å². The molecule has 3 rings (SSSR count). The normalized spacial score (nSPS) is 16.1. The summed E-state index contributed by atoms with van der Waals surface area (Å²) in [5.74, 6) is 0.703. The lowest BCUT2D eigenvalue weighted by Gasteiger charge is -2.16. The van der Waals surface area contributed by atoms with Crippen molar-refractivity contribution in [2.45, 2.75) is 57.0 Å². The fourth-order valence-corrected chi connectivity index (χ4v) is 4.63. The van der Waals surface area contributed by atoms with E-state index in [0.29, 0.717) is 25.3 Å². The van der Waals surface area contributed by atoms with Crippen molar-refractivity contribution in [1.29, 1.82) is 0 Å². The first kappa shape index (κ1) is 21.2. The largest absolute Gasteiger partial charge is 0.474 e. The van der Waals surface area contributed by atoms with E-state index >= 15 is 0 Å². The number of rotatable bonds is 9. The van der Waals surface area contributed by atoms with Crippen LogP contribution in [0.1, 0.15) is 57.3 Å². The Bertz CT molecular complexity index is 968. The first-order valence-corrected chi connectivity index (χ1v) is 11.0. The number of hydrogen-bond donors (Lipinski definition) is 0. The zero-order valence-corrected chi connectivity index (χ0v) is 17.2. The van der Waals surface area contributed by atoms with Gasteiger partial charge in [-0.15, -0.1) is 0 Å². The van der Waals surface area contributed by atoms with Gasteiger partial charge in [-0.3, -0.25) is 10.1 Å². The molecule has 0 bridgehead atoms. The number of aromatic nitrogens is 2. The van der Waals surface area contributed by atoms with Gasteiger partial charge in [-0.2, -0.15) is 9.29 Å². The molecule has 1 aliphatic rings. The Balaban J connectivity index is 1.82. The number of sulfonamides is 1. The molecular weight excluding hydrogens is 400 g/mol. The van der Waals surface area contributed by atoms with E-state index in [4.69, 9.17) is 9.26 Å².